The Morgan fingerprint density at radius 3 is 1.84 bits per heavy atom. The molecule has 0 amide bonds. The zero-order valence-electron chi connectivity index (χ0n) is 45.4. The van der Waals surface area contributed by atoms with Crippen molar-refractivity contribution in [3.8, 4) is 0 Å². The molecule has 5 aliphatic carbocycles. The normalized spacial score (nSPS) is 46.5. The summed E-state index contributed by atoms with van der Waals surface area (Å²) in [6.07, 6.45) is -5.54. The van der Waals surface area contributed by atoms with E-state index in [4.69, 9.17) is 52.1 Å². The first-order valence-corrected chi connectivity index (χ1v) is 26.5. The van der Waals surface area contributed by atoms with Crippen LogP contribution in [0.4, 0.5) is 0 Å². The molecule has 412 valence electrons. The lowest BCUT2D eigenvalue weighted by Crippen LogP contribution is -2.66. The van der Waals surface area contributed by atoms with Crippen molar-refractivity contribution in [2.24, 2.45) is 50.7 Å². The molecule has 2 N–H and O–H groups in total. The molecule has 3 saturated heterocycles. The molecule has 21 atom stereocenters. The fourth-order valence-corrected chi connectivity index (χ4v) is 16.8. The van der Waals surface area contributed by atoms with Gasteiger partial charge in [-0.1, -0.05) is 34.6 Å². The van der Waals surface area contributed by atoms with Gasteiger partial charge in [0.2, 0.25) is 0 Å². The van der Waals surface area contributed by atoms with E-state index in [1.165, 1.54) is 41.5 Å². The summed E-state index contributed by atoms with van der Waals surface area (Å²) in [5.41, 5.74) is -3.86. The zero-order valence-corrected chi connectivity index (χ0v) is 45.4. The molecule has 19 nitrogen and oxygen atoms in total. The fraction of sp³-hybridized carbons (Fsp3) is 0.889. The van der Waals surface area contributed by atoms with Crippen LogP contribution in [-0.4, -0.2) is 144 Å². The van der Waals surface area contributed by atoms with Crippen molar-refractivity contribution in [2.45, 2.75) is 240 Å². The average Bonchev–Trinajstić information content (AvgIpc) is 3.62. The van der Waals surface area contributed by atoms with E-state index in [9.17, 15) is 39.0 Å². The minimum Gasteiger partial charge on any atom is -0.463 e. The molecular formula is C54H82O19. The first-order valence-electron chi connectivity index (χ1n) is 26.5. The van der Waals surface area contributed by atoms with Crippen LogP contribution in [0.2, 0.25) is 0 Å². The van der Waals surface area contributed by atoms with Gasteiger partial charge in [-0.2, -0.15) is 0 Å². The highest BCUT2D eigenvalue weighted by atomic mass is 16.7. The number of carbonyl (C=O) groups is 6. The van der Waals surface area contributed by atoms with Gasteiger partial charge in [0.05, 0.1) is 42.2 Å². The highest BCUT2D eigenvalue weighted by Gasteiger charge is 2.85. The Bertz CT molecular complexity index is 2160. The number of hydrogen-bond donors (Lipinski definition) is 2. The monoisotopic (exact) mass is 1030 g/mol. The van der Waals surface area contributed by atoms with E-state index < -0.39 is 149 Å². The Hall–Kier alpha value is -3.46. The van der Waals surface area contributed by atoms with Crippen molar-refractivity contribution in [3.05, 3.63) is 0 Å². The first-order chi connectivity index (χ1) is 33.8. The molecule has 0 aromatic rings. The standard InChI is InChI=1S/C54H82O19/c1-26-35(65-28(3)56)23-64-46(40(26)66-29(4)57)72-38-16-18-54-25-53(54)20-19-50(12)44(52(14)17-15-39(73-52)49(10,11)62)33(61)22-51(50,13)37(53)21-34(45(54)48(38,8)9)70-47-43(69-32(7)60)42(68-31(6)59)41(67-30(5)58)36(71-47)24-63-27(2)55/h26,33-47,61-62H,15-25H2,1-14H3/t26?,33?,34-,35+,36+,37?,38?,39?,40+,41?,42-,43?,44?,45-,46-,47+,50?,51-,52+,53?,54?/m0/s1. The van der Waals surface area contributed by atoms with Crippen molar-refractivity contribution >= 4 is 35.8 Å². The molecule has 19 heteroatoms. The number of fused-ring (bicyclic) bond motifs is 2. The van der Waals surface area contributed by atoms with Gasteiger partial charge in [-0.25, -0.2) is 0 Å². The summed E-state index contributed by atoms with van der Waals surface area (Å²) in [6, 6.07) is 0. The minimum atomic E-state index is -1.46. The second-order valence-electron chi connectivity index (χ2n) is 25.0. The molecule has 8 fully saturated rings. The maximum atomic E-state index is 13.1. The Balaban J connectivity index is 1.21. The molecule has 0 bridgehead atoms. The van der Waals surface area contributed by atoms with E-state index in [2.05, 4.69) is 34.6 Å². The molecule has 0 aromatic heterocycles. The summed E-state index contributed by atoms with van der Waals surface area (Å²) in [6.45, 7) is 23.4. The fourth-order valence-electron chi connectivity index (χ4n) is 16.8. The number of aliphatic hydroxyl groups is 2. The SMILES string of the molecule is CC(=O)OC[C@H]1O[C@@H](O[C@H]2CC3C4(CCC5(C)C([C@@]6(C)CCC(C(C)(C)O)O6)C(O)C[C@@]35C)CC43CCC(O[C@@H]4OC[C@@H](OC(C)=O)C(C)[C@H]4OC(C)=O)C(C)(C)[C@H]23)C(OC(C)=O)[C@@H](OC(C)=O)C1OC(C)=O. The van der Waals surface area contributed by atoms with Crippen LogP contribution >= 0.6 is 0 Å². The van der Waals surface area contributed by atoms with Gasteiger partial charge in [-0.15, -0.1) is 0 Å². The van der Waals surface area contributed by atoms with Crippen molar-refractivity contribution in [1.29, 1.82) is 0 Å². The molecule has 73 heavy (non-hydrogen) atoms. The molecule has 0 aromatic carbocycles. The summed E-state index contributed by atoms with van der Waals surface area (Å²) in [7, 11) is 0. The molecule has 3 heterocycles. The smallest absolute Gasteiger partial charge is 0.303 e. The average molecular weight is 1040 g/mol. The van der Waals surface area contributed by atoms with Crippen LogP contribution in [0.25, 0.3) is 0 Å². The van der Waals surface area contributed by atoms with Crippen LogP contribution in [-0.2, 0) is 80.9 Å². The van der Waals surface area contributed by atoms with Crippen LogP contribution in [0.1, 0.15) is 155 Å². The third-order valence-electron chi connectivity index (χ3n) is 19.7. The number of hydrogen-bond acceptors (Lipinski definition) is 19. The Morgan fingerprint density at radius 2 is 1.25 bits per heavy atom. The molecule has 2 spiro atoms. The highest BCUT2D eigenvalue weighted by Crippen LogP contribution is 2.89. The van der Waals surface area contributed by atoms with E-state index in [1.807, 2.05) is 6.92 Å². The van der Waals surface area contributed by atoms with E-state index in [1.54, 1.807) is 13.8 Å². The van der Waals surface area contributed by atoms with Crippen LogP contribution in [0.5, 0.6) is 0 Å². The van der Waals surface area contributed by atoms with Crippen LogP contribution in [0.15, 0.2) is 0 Å². The van der Waals surface area contributed by atoms with Gasteiger partial charge in [0.25, 0.3) is 0 Å². The van der Waals surface area contributed by atoms with E-state index in [-0.39, 0.29) is 35.2 Å². The number of ether oxygens (including phenoxy) is 11. The van der Waals surface area contributed by atoms with Gasteiger partial charge >= 0.3 is 35.8 Å². The molecule has 11 unspecified atom stereocenters. The van der Waals surface area contributed by atoms with Crippen LogP contribution in [0.3, 0.4) is 0 Å². The summed E-state index contributed by atoms with van der Waals surface area (Å²) in [4.78, 5) is 75.7. The van der Waals surface area contributed by atoms with Gasteiger partial charge in [-0.3, -0.25) is 28.8 Å². The predicted octanol–water partition coefficient (Wildman–Crippen LogP) is 5.42. The lowest BCUT2D eigenvalue weighted by molar-refractivity contribution is -0.340. The Morgan fingerprint density at radius 1 is 0.644 bits per heavy atom. The number of rotatable bonds is 13. The molecular weight excluding hydrogens is 953 g/mol. The second-order valence-corrected chi connectivity index (χ2v) is 25.0. The lowest BCUT2D eigenvalue weighted by Gasteiger charge is -2.65. The van der Waals surface area contributed by atoms with Gasteiger partial charge < -0.3 is 62.3 Å². The Labute approximate surface area is 429 Å². The molecule has 3 aliphatic heterocycles. The topological polar surface area (TPSA) is 244 Å². The summed E-state index contributed by atoms with van der Waals surface area (Å²) in [5.74, 6) is -4.93. The third kappa shape index (κ3) is 9.63. The lowest BCUT2D eigenvalue weighted by atomic mass is 9.41. The van der Waals surface area contributed by atoms with Gasteiger partial charge in [0, 0.05) is 53.4 Å². The number of carbonyl (C=O) groups excluding carboxylic acids is 6. The van der Waals surface area contributed by atoms with Gasteiger partial charge in [0.15, 0.2) is 37.0 Å². The van der Waals surface area contributed by atoms with Crippen molar-refractivity contribution < 1.29 is 91.1 Å². The number of aliphatic hydroxyl groups excluding tert-OH is 1. The van der Waals surface area contributed by atoms with Crippen LogP contribution in [0, 0.1) is 50.7 Å². The zero-order chi connectivity index (χ0) is 53.8. The van der Waals surface area contributed by atoms with Crippen molar-refractivity contribution in [1.82, 2.24) is 0 Å². The summed E-state index contributed by atoms with van der Waals surface area (Å²) < 4.78 is 68.7. The predicted molar refractivity (Wildman–Crippen MR) is 254 cm³/mol. The van der Waals surface area contributed by atoms with Gasteiger partial charge in [0.1, 0.15) is 18.8 Å². The second kappa shape index (κ2) is 19.5. The van der Waals surface area contributed by atoms with Crippen molar-refractivity contribution in [3.63, 3.8) is 0 Å². The van der Waals surface area contributed by atoms with Crippen LogP contribution < -0.4 is 0 Å². The largest absolute Gasteiger partial charge is 0.463 e. The molecule has 0 radical (unpaired) electrons. The summed E-state index contributed by atoms with van der Waals surface area (Å²) in [5, 5.41) is 23.6. The van der Waals surface area contributed by atoms with E-state index in [0.29, 0.717) is 32.1 Å². The first kappa shape index (κ1) is 55.8. The minimum absolute atomic E-state index is 0.0113. The van der Waals surface area contributed by atoms with E-state index in [0.717, 1.165) is 25.7 Å². The Kier molecular flexibility index (Phi) is 14.9. The third-order valence-corrected chi connectivity index (χ3v) is 19.7. The maximum Gasteiger partial charge on any atom is 0.303 e. The highest BCUT2D eigenvalue weighted by molar-refractivity contribution is 5.69. The molecule has 8 rings (SSSR count). The molecule has 5 saturated carbocycles. The molecule has 8 aliphatic rings. The van der Waals surface area contributed by atoms with E-state index >= 15 is 0 Å². The summed E-state index contributed by atoms with van der Waals surface area (Å²) >= 11 is 0. The number of esters is 6. The maximum absolute atomic E-state index is 13.1. The van der Waals surface area contributed by atoms with Gasteiger partial charge in [-0.05, 0) is 117 Å². The quantitative estimate of drug-likeness (QED) is 0.133. The van der Waals surface area contributed by atoms with Crippen molar-refractivity contribution in [2.75, 3.05) is 13.2 Å².